The Morgan fingerprint density at radius 3 is 1.90 bits per heavy atom. The van der Waals surface area contributed by atoms with Crippen molar-refractivity contribution in [3.8, 4) is 51.4 Å². The van der Waals surface area contributed by atoms with Gasteiger partial charge in [-0.25, -0.2) is 0 Å². The van der Waals surface area contributed by atoms with Gasteiger partial charge in [0.25, 0.3) is 0 Å². The van der Waals surface area contributed by atoms with Crippen LogP contribution in [0.3, 0.4) is 0 Å². The van der Waals surface area contributed by atoms with E-state index in [1.807, 2.05) is 18.2 Å². The van der Waals surface area contributed by atoms with Crippen molar-refractivity contribution in [2.24, 2.45) is 0 Å². The molecule has 1 nitrogen and oxygen atoms in total. The van der Waals surface area contributed by atoms with Gasteiger partial charge in [0.2, 0.25) is 0 Å². The van der Waals surface area contributed by atoms with Crippen LogP contribution in [0.4, 0.5) is 0 Å². The van der Waals surface area contributed by atoms with Gasteiger partial charge in [0.1, 0.15) is 0 Å². The quantitative estimate of drug-likeness (QED) is 0.128. The fraction of sp³-hybridized carbons (Fsp3) is 0.0588. The summed E-state index contributed by atoms with van der Waals surface area (Å²) in [5, 5.41) is 2.55. The van der Waals surface area contributed by atoms with Crippen molar-refractivity contribution >= 4 is 33.0 Å². The van der Waals surface area contributed by atoms with Gasteiger partial charge in [0.15, 0.2) is 0 Å². The van der Waals surface area contributed by atoms with E-state index in [4.69, 9.17) is 6.42 Å². The largest absolute Gasteiger partial charge is 0.309 e. The molecule has 0 radical (unpaired) electrons. The third-order valence-corrected chi connectivity index (χ3v) is 11.1. The molecule has 0 bridgehead atoms. The van der Waals surface area contributed by atoms with Crippen LogP contribution in [0.2, 0.25) is 0 Å². The molecule has 52 heavy (non-hydrogen) atoms. The van der Waals surface area contributed by atoms with Gasteiger partial charge in [-0.05, 0) is 147 Å². The van der Waals surface area contributed by atoms with E-state index in [0.29, 0.717) is 0 Å². The summed E-state index contributed by atoms with van der Waals surface area (Å²) >= 11 is 0. The van der Waals surface area contributed by atoms with E-state index >= 15 is 0 Å². The Kier molecular flexibility index (Phi) is 6.98. The van der Waals surface area contributed by atoms with Crippen molar-refractivity contribution < 1.29 is 0 Å². The molecule has 0 amide bonds. The number of hydrogen-bond donors (Lipinski definition) is 0. The predicted octanol–water partition coefficient (Wildman–Crippen LogP) is 12.7. The number of rotatable bonds is 5. The van der Waals surface area contributed by atoms with Gasteiger partial charge in [-0.2, -0.15) is 0 Å². The van der Waals surface area contributed by atoms with Gasteiger partial charge in [-0.1, -0.05) is 115 Å². The standard InChI is InChI=1S/C51H35N/c1-3-33(35-13-7-5-8-14-35)25-34(4-2)36-19-21-39-26-41-28-42-27-40-22-20-37(30-46(40)48(42)32-47(41)45(39)29-36)38-23-24-51-49(31-38)44-17-11-12-18-50(44)52(51)43-15-9-6-10-16-43/h1,4-25,28-32H,26-27H2,2H3/b33-25+,34-4+. The highest BCUT2D eigenvalue weighted by atomic mass is 15.0. The van der Waals surface area contributed by atoms with E-state index in [1.165, 1.54) is 88.7 Å². The molecule has 7 aromatic carbocycles. The predicted molar refractivity (Wildman–Crippen MR) is 220 cm³/mol. The molecule has 0 aliphatic heterocycles. The third-order valence-electron chi connectivity index (χ3n) is 11.1. The van der Waals surface area contributed by atoms with E-state index in [-0.39, 0.29) is 0 Å². The number of aromatic nitrogens is 1. The molecule has 244 valence electrons. The van der Waals surface area contributed by atoms with Gasteiger partial charge in [0, 0.05) is 22.0 Å². The lowest BCUT2D eigenvalue weighted by Gasteiger charge is -2.11. The highest BCUT2D eigenvalue weighted by Crippen LogP contribution is 2.47. The van der Waals surface area contributed by atoms with Gasteiger partial charge < -0.3 is 4.57 Å². The number of nitrogens with zero attached hydrogens (tertiary/aromatic N) is 1. The smallest absolute Gasteiger partial charge is 0.0541 e. The molecule has 2 aliphatic carbocycles. The van der Waals surface area contributed by atoms with Crippen LogP contribution in [0.25, 0.3) is 72.0 Å². The van der Waals surface area contributed by atoms with Crippen LogP contribution < -0.4 is 0 Å². The molecule has 0 fully saturated rings. The van der Waals surface area contributed by atoms with Crippen LogP contribution in [0.15, 0.2) is 164 Å². The summed E-state index contributed by atoms with van der Waals surface area (Å²) < 4.78 is 2.38. The number of terminal acetylenes is 1. The first-order valence-electron chi connectivity index (χ1n) is 18.1. The number of allylic oxidation sites excluding steroid dienone is 4. The van der Waals surface area contributed by atoms with Crippen molar-refractivity contribution in [2.45, 2.75) is 19.8 Å². The van der Waals surface area contributed by atoms with E-state index in [9.17, 15) is 0 Å². The SMILES string of the molecule is C#C/C(=C\C(=C/C)c1ccc2c(c1)-c1cc3c(cc1C2)Cc1ccc(-c2ccc4c(c2)c2ccccc2n4-c2ccccc2)cc1-3)c1ccccc1. The molecule has 1 aromatic heterocycles. The number of fused-ring (bicyclic) bond motifs is 9. The minimum absolute atomic E-state index is 0.890. The Bertz CT molecular complexity index is 2840. The first-order chi connectivity index (χ1) is 25.7. The lowest BCUT2D eigenvalue weighted by atomic mass is 9.93. The fourth-order valence-electron chi connectivity index (χ4n) is 8.54. The van der Waals surface area contributed by atoms with E-state index < -0.39 is 0 Å². The highest BCUT2D eigenvalue weighted by Gasteiger charge is 2.26. The Morgan fingerprint density at radius 2 is 1.15 bits per heavy atom. The Hall–Kier alpha value is -6.62. The second-order valence-electron chi connectivity index (χ2n) is 14.0. The maximum atomic E-state index is 6.00. The summed E-state index contributed by atoms with van der Waals surface area (Å²) in [6.07, 6.45) is 12.3. The van der Waals surface area contributed by atoms with Crippen molar-refractivity contribution in [1.82, 2.24) is 4.57 Å². The van der Waals surface area contributed by atoms with E-state index in [2.05, 4.69) is 163 Å². The molecule has 8 aromatic rings. The second kappa shape index (κ2) is 12.0. The van der Waals surface area contributed by atoms with Crippen LogP contribution in [0.5, 0.6) is 0 Å². The monoisotopic (exact) mass is 661 g/mol. The molecule has 0 N–H and O–H groups in total. The van der Waals surface area contributed by atoms with Crippen molar-refractivity contribution in [1.29, 1.82) is 0 Å². The summed E-state index contributed by atoms with van der Waals surface area (Å²) in [5.41, 5.74) is 21.4. The number of para-hydroxylation sites is 2. The molecular formula is C51H35N. The van der Waals surface area contributed by atoms with Crippen molar-refractivity contribution in [3.63, 3.8) is 0 Å². The summed E-state index contributed by atoms with van der Waals surface area (Å²) in [4.78, 5) is 0. The molecule has 1 heteroatoms. The van der Waals surface area contributed by atoms with Crippen molar-refractivity contribution in [3.05, 3.63) is 197 Å². The lowest BCUT2D eigenvalue weighted by Crippen LogP contribution is -1.92. The zero-order chi connectivity index (χ0) is 34.8. The molecule has 0 unspecified atom stereocenters. The maximum absolute atomic E-state index is 6.00. The van der Waals surface area contributed by atoms with Gasteiger partial charge in [-0.3, -0.25) is 0 Å². The van der Waals surface area contributed by atoms with Crippen LogP contribution in [0, 0.1) is 12.3 Å². The third kappa shape index (κ3) is 4.80. The average Bonchev–Trinajstić information content (AvgIpc) is 3.86. The summed E-state index contributed by atoms with van der Waals surface area (Å²) in [6.45, 7) is 2.09. The minimum atomic E-state index is 0.890. The molecule has 0 spiro atoms. The summed E-state index contributed by atoms with van der Waals surface area (Å²) in [5.74, 6) is 2.92. The van der Waals surface area contributed by atoms with Crippen molar-refractivity contribution in [2.75, 3.05) is 0 Å². The molecule has 10 rings (SSSR count). The Balaban J connectivity index is 1.03. The molecule has 2 aliphatic rings. The topological polar surface area (TPSA) is 4.93 Å². The van der Waals surface area contributed by atoms with Crippen LogP contribution in [-0.2, 0) is 12.8 Å². The van der Waals surface area contributed by atoms with Crippen LogP contribution >= 0.6 is 0 Å². The number of hydrogen-bond acceptors (Lipinski definition) is 0. The molecule has 0 saturated heterocycles. The molecule has 0 atom stereocenters. The first kappa shape index (κ1) is 30.2. The summed E-state index contributed by atoms with van der Waals surface area (Å²) in [7, 11) is 0. The fourth-order valence-corrected chi connectivity index (χ4v) is 8.54. The van der Waals surface area contributed by atoms with Gasteiger partial charge >= 0.3 is 0 Å². The number of benzene rings is 7. The second-order valence-corrected chi connectivity index (χ2v) is 14.0. The molecule has 1 heterocycles. The zero-order valence-electron chi connectivity index (χ0n) is 29.0. The van der Waals surface area contributed by atoms with E-state index in [0.717, 1.165) is 29.6 Å². The van der Waals surface area contributed by atoms with Crippen LogP contribution in [0.1, 0.15) is 40.3 Å². The Labute approximate surface area is 304 Å². The minimum Gasteiger partial charge on any atom is -0.309 e. The zero-order valence-corrected chi connectivity index (χ0v) is 29.0. The van der Waals surface area contributed by atoms with E-state index in [1.54, 1.807) is 0 Å². The van der Waals surface area contributed by atoms with Gasteiger partial charge in [-0.15, -0.1) is 6.42 Å². The van der Waals surface area contributed by atoms with Gasteiger partial charge in [0.05, 0.1) is 11.0 Å². The lowest BCUT2D eigenvalue weighted by molar-refractivity contribution is 1.18. The molecule has 0 saturated carbocycles. The molecular weight excluding hydrogens is 627 g/mol. The Morgan fingerprint density at radius 1 is 0.538 bits per heavy atom. The summed E-state index contributed by atoms with van der Waals surface area (Å²) in [6, 6.07) is 55.6. The normalized spacial score (nSPS) is 13.2. The first-order valence-corrected chi connectivity index (χ1v) is 18.1. The van der Waals surface area contributed by atoms with Crippen LogP contribution in [-0.4, -0.2) is 4.57 Å². The maximum Gasteiger partial charge on any atom is 0.0541 e. The average molecular weight is 662 g/mol. The highest BCUT2D eigenvalue weighted by molar-refractivity contribution is 6.10.